The number of hydrogen-bond donors (Lipinski definition) is 1. The Kier molecular flexibility index (Phi) is 3.88. The molecule has 5 heteroatoms. The van der Waals surface area contributed by atoms with Crippen molar-refractivity contribution in [2.24, 2.45) is 0 Å². The van der Waals surface area contributed by atoms with E-state index >= 15 is 0 Å². The van der Waals surface area contributed by atoms with Gasteiger partial charge in [0.25, 0.3) is 5.56 Å². The third-order valence-corrected chi connectivity index (χ3v) is 3.38. The zero-order valence-electron chi connectivity index (χ0n) is 12.1. The largest absolute Gasteiger partial charge is 0.348 e. The molecule has 1 heterocycles. The lowest BCUT2D eigenvalue weighted by Gasteiger charge is -2.18. The Morgan fingerprint density at radius 2 is 1.95 bits per heavy atom. The van der Waals surface area contributed by atoms with Crippen molar-refractivity contribution in [3.05, 3.63) is 57.3 Å². The van der Waals surface area contributed by atoms with Crippen LogP contribution < -0.4 is 10.5 Å². The fourth-order valence-electron chi connectivity index (χ4n) is 2.14. The van der Waals surface area contributed by atoms with Gasteiger partial charge in [-0.25, -0.2) is 9.37 Å². The van der Waals surface area contributed by atoms with E-state index in [2.05, 4.69) is 9.97 Å². The average molecular weight is 275 g/mol. The van der Waals surface area contributed by atoms with E-state index in [1.165, 1.54) is 6.07 Å². The van der Waals surface area contributed by atoms with Crippen LogP contribution in [-0.4, -0.2) is 24.1 Å². The van der Waals surface area contributed by atoms with E-state index in [0.29, 0.717) is 22.8 Å². The number of halogens is 1. The Balaban J connectivity index is 2.57. The summed E-state index contributed by atoms with van der Waals surface area (Å²) in [5.74, 6) is -0.0936. The lowest BCUT2D eigenvalue weighted by Crippen LogP contribution is -2.23. The fourth-order valence-corrected chi connectivity index (χ4v) is 2.14. The van der Waals surface area contributed by atoms with Gasteiger partial charge in [-0.2, -0.15) is 0 Å². The minimum atomic E-state index is -0.284. The highest BCUT2D eigenvalue weighted by molar-refractivity contribution is 5.37. The van der Waals surface area contributed by atoms with Crippen LogP contribution in [0.1, 0.15) is 29.7 Å². The average Bonchev–Trinajstić information content (AvgIpc) is 2.41. The minimum absolute atomic E-state index is 0.193. The third-order valence-electron chi connectivity index (χ3n) is 3.38. The maximum atomic E-state index is 13.9. The summed E-state index contributed by atoms with van der Waals surface area (Å²) in [5.41, 5.74) is 1.47. The number of aromatic amines is 1. The zero-order chi connectivity index (χ0) is 14.9. The summed E-state index contributed by atoms with van der Waals surface area (Å²) in [6, 6.07) is 6.57. The Morgan fingerprint density at radius 3 is 2.55 bits per heavy atom. The molecule has 2 rings (SSSR count). The zero-order valence-corrected chi connectivity index (χ0v) is 12.1. The van der Waals surface area contributed by atoms with Crippen molar-refractivity contribution >= 4 is 5.95 Å². The normalized spacial score (nSPS) is 12.2. The molecule has 0 spiro atoms. The molecular formula is C15H18FN3O. The van der Waals surface area contributed by atoms with Crippen molar-refractivity contribution in [2.45, 2.75) is 19.8 Å². The van der Waals surface area contributed by atoms with E-state index in [9.17, 15) is 9.18 Å². The smallest absolute Gasteiger partial charge is 0.255 e. The van der Waals surface area contributed by atoms with Crippen molar-refractivity contribution in [3.63, 3.8) is 0 Å². The van der Waals surface area contributed by atoms with Crippen molar-refractivity contribution in [1.82, 2.24) is 9.97 Å². The first-order chi connectivity index (χ1) is 9.41. The summed E-state index contributed by atoms with van der Waals surface area (Å²) < 4.78 is 13.9. The van der Waals surface area contributed by atoms with Gasteiger partial charge in [0.15, 0.2) is 0 Å². The molecule has 20 heavy (non-hydrogen) atoms. The number of anilines is 1. The number of aromatic nitrogens is 2. The summed E-state index contributed by atoms with van der Waals surface area (Å²) in [6.07, 6.45) is 0. The molecule has 1 aromatic heterocycles. The van der Waals surface area contributed by atoms with Crippen LogP contribution in [0, 0.1) is 12.7 Å². The molecule has 1 aromatic carbocycles. The van der Waals surface area contributed by atoms with Gasteiger partial charge in [-0.05, 0) is 18.6 Å². The van der Waals surface area contributed by atoms with E-state index in [1.54, 1.807) is 44.1 Å². The third kappa shape index (κ3) is 2.57. The Bertz CT molecular complexity index is 679. The molecule has 0 aliphatic carbocycles. The molecule has 0 aliphatic rings. The van der Waals surface area contributed by atoms with Crippen LogP contribution in [0.4, 0.5) is 10.3 Å². The molecule has 2 aromatic rings. The van der Waals surface area contributed by atoms with Gasteiger partial charge in [0, 0.05) is 25.6 Å². The van der Waals surface area contributed by atoms with Gasteiger partial charge in [-0.1, -0.05) is 25.1 Å². The van der Waals surface area contributed by atoms with Crippen molar-refractivity contribution in [2.75, 3.05) is 19.0 Å². The second-order valence-corrected chi connectivity index (χ2v) is 5.04. The van der Waals surface area contributed by atoms with Gasteiger partial charge in [0.2, 0.25) is 5.95 Å². The van der Waals surface area contributed by atoms with E-state index < -0.39 is 0 Å². The summed E-state index contributed by atoms with van der Waals surface area (Å²) in [7, 11) is 3.59. The summed E-state index contributed by atoms with van der Waals surface area (Å²) in [4.78, 5) is 20.8. The van der Waals surface area contributed by atoms with Crippen LogP contribution >= 0.6 is 0 Å². The molecule has 1 unspecified atom stereocenters. The number of nitrogens with one attached hydrogen (secondary N) is 1. The van der Waals surface area contributed by atoms with Crippen LogP contribution in [0.3, 0.4) is 0 Å². The molecule has 0 amide bonds. The lowest BCUT2D eigenvalue weighted by molar-refractivity contribution is 0.600. The highest BCUT2D eigenvalue weighted by Gasteiger charge is 2.19. The highest BCUT2D eigenvalue weighted by atomic mass is 19.1. The van der Waals surface area contributed by atoms with Gasteiger partial charge >= 0.3 is 0 Å². The predicted molar refractivity (Wildman–Crippen MR) is 77.8 cm³/mol. The van der Waals surface area contributed by atoms with Crippen LogP contribution in [0.5, 0.6) is 0 Å². The van der Waals surface area contributed by atoms with E-state index in [0.717, 1.165) is 0 Å². The standard InChI is InChI=1S/C15H18FN3O/c1-9(11-7-5-6-8-12(11)16)13-10(2)14(20)18-15(17-13)19(3)4/h5-9H,1-4H3,(H,17,18,20). The molecule has 0 bridgehead atoms. The molecule has 0 saturated heterocycles. The molecule has 106 valence electrons. The summed E-state index contributed by atoms with van der Waals surface area (Å²) in [5, 5.41) is 0. The number of benzene rings is 1. The molecule has 1 atom stereocenters. The second-order valence-electron chi connectivity index (χ2n) is 5.04. The van der Waals surface area contributed by atoms with E-state index in [-0.39, 0.29) is 17.3 Å². The molecular weight excluding hydrogens is 257 g/mol. The predicted octanol–water partition coefficient (Wildman–Crippen LogP) is 2.44. The summed E-state index contributed by atoms with van der Waals surface area (Å²) >= 11 is 0. The van der Waals surface area contributed by atoms with E-state index in [1.807, 2.05) is 6.92 Å². The number of nitrogens with zero attached hydrogens (tertiary/aromatic N) is 2. The van der Waals surface area contributed by atoms with Crippen LogP contribution in [0.2, 0.25) is 0 Å². The SMILES string of the molecule is Cc1c(C(C)c2ccccc2F)nc(N(C)C)[nH]c1=O. The van der Waals surface area contributed by atoms with Gasteiger partial charge in [0.1, 0.15) is 5.82 Å². The molecule has 4 nitrogen and oxygen atoms in total. The first-order valence-corrected chi connectivity index (χ1v) is 6.44. The molecule has 0 fully saturated rings. The Labute approximate surface area is 117 Å². The fraction of sp³-hybridized carbons (Fsp3) is 0.333. The summed E-state index contributed by atoms with van der Waals surface area (Å²) in [6.45, 7) is 3.56. The second kappa shape index (κ2) is 5.45. The quantitative estimate of drug-likeness (QED) is 0.936. The number of hydrogen-bond acceptors (Lipinski definition) is 3. The maximum absolute atomic E-state index is 13.9. The molecule has 1 N–H and O–H groups in total. The first kappa shape index (κ1) is 14.2. The van der Waals surface area contributed by atoms with Gasteiger partial charge < -0.3 is 4.90 Å². The van der Waals surface area contributed by atoms with Crippen molar-refractivity contribution < 1.29 is 4.39 Å². The van der Waals surface area contributed by atoms with Crippen LogP contribution in [-0.2, 0) is 0 Å². The monoisotopic (exact) mass is 275 g/mol. The number of rotatable bonds is 3. The Morgan fingerprint density at radius 1 is 1.30 bits per heavy atom. The topological polar surface area (TPSA) is 49.0 Å². The first-order valence-electron chi connectivity index (χ1n) is 6.44. The molecule has 0 aliphatic heterocycles. The minimum Gasteiger partial charge on any atom is -0.348 e. The van der Waals surface area contributed by atoms with Crippen LogP contribution in [0.15, 0.2) is 29.1 Å². The van der Waals surface area contributed by atoms with Gasteiger partial charge in [-0.3, -0.25) is 9.78 Å². The molecule has 0 radical (unpaired) electrons. The molecule has 0 saturated carbocycles. The number of H-pyrrole nitrogens is 1. The highest BCUT2D eigenvalue weighted by Crippen LogP contribution is 2.26. The van der Waals surface area contributed by atoms with Crippen LogP contribution in [0.25, 0.3) is 0 Å². The van der Waals surface area contributed by atoms with Gasteiger partial charge in [-0.15, -0.1) is 0 Å². The lowest BCUT2D eigenvalue weighted by atomic mass is 9.94. The van der Waals surface area contributed by atoms with Crippen molar-refractivity contribution in [3.8, 4) is 0 Å². The Hall–Kier alpha value is -2.17. The van der Waals surface area contributed by atoms with Crippen molar-refractivity contribution in [1.29, 1.82) is 0 Å². The van der Waals surface area contributed by atoms with E-state index in [4.69, 9.17) is 0 Å². The van der Waals surface area contributed by atoms with Gasteiger partial charge in [0.05, 0.1) is 5.69 Å². The maximum Gasteiger partial charge on any atom is 0.255 e.